The van der Waals surface area contributed by atoms with Crippen molar-refractivity contribution in [3.63, 3.8) is 0 Å². The monoisotopic (exact) mass is 242 g/mol. The summed E-state index contributed by atoms with van der Waals surface area (Å²) in [7, 11) is 0. The molecule has 5 atom stereocenters. The van der Waals surface area contributed by atoms with Crippen LogP contribution in [0.5, 0.6) is 0 Å². The molecule has 98 valence electrons. The Bertz CT molecular complexity index is 300. The van der Waals surface area contributed by atoms with Gasteiger partial charge in [0.05, 0.1) is 18.8 Å². The molecule has 1 saturated heterocycles. The molecule has 4 nitrogen and oxygen atoms in total. The van der Waals surface area contributed by atoms with Gasteiger partial charge in [0.2, 0.25) is 0 Å². The molecule has 1 aliphatic carbocycles. The van der Waals surface area contributed by atoms with Gasteiger partial charge in [-0.25, -0.2) is 0 Å². The van der Waals surface area contributed by atoms with E-state index in [0.29, 0.717) is 13.0 Å². The van der Waals surface area contributed by atoms with E-state index in [1.54, 1.807) is 0 Å². The first-order chi connectivity index (χ1) is 7.96. The highest BCUT2D eigenvalue weighted by molar-refractivity contribution is 5.88. The predicted molar refractivity (Wildman–Crippen MR) is 62.5 cm³/mol. The first-order valence-electron chi connectivity index (χ1n) is 6.52. The van der Waals surface area contributed by atoms with E-state index >= 15 is 0 Å². The summed E-state index contributed by atoms with van der Waals surface area (Å²) in [6, 6.07) is 0. The van der Waals surface area contributed by atoms with Crippen molar-refractivity contribution in [1.82, 2.24) is 0 Å². The molecule has 1 saturated carbocycles. The second kappa shape index (κ2) is 4.67. The van der Waals surface area contributed by atoms with E-state index < -0.39 is 11.7 Å². The molecule has 0 aromatic carbocycles. The molecule has 1 aliphatic heterocycles. The summed E-state index contributed by atoms with van der Waals surface area (Å²) in [6.07, 6.45) is 2.50. The molecule has 0 radical (unpaired) electrons. The van der Waals surface area contributed by atoms with Crippen LogP contribution in [-0.4, -0.2) is 40.4 Å². The third kappa shape index (κ3) is 2.26. The van der Waals surface area contributed by atoms with E-state index in [4.69, 9.17) is 4.74 Å². The molecule has 4 heteroatoms. The third-order valence-corrected chi connectivity index (χ3v) is 4.30. The molecule has 0 amide bonds. The maximum Gasteiger partial charge on any atom is 0.167 e. The van der Waals surface area contributed by atoms with Crippen LogP contribution in [-0.2, 0) is 9.53 Å². The Morgan fingerprint density at radius 3 is 2.88 bits per heavy atom. The fraction of sp³-hybridized carbons (Fsp3) is 0.923. The second-order valence-corrected chi connectivity index (χ2v) is 5.62. The summed E-state index contributed by atoms with van der Waals surface area (Å²) in [4.78, 5) is 11.8. The molecule has 0 spiro atoms. The summed E-state index contributed by atoms with van der Waals surface area (Å²) in [5.41, 5.74) is -1.60. The lowest BCUT2D eigenvalue weighted by molar-refractivity contribution is -0.185. The van der Waals surface area contributed by atoms with Gasteiger partial charge in [0, 0.05) is 12.3 Å². The minimum atomic E-state index is -1.60. The zero-order chi connectivity index (χ0) is 12.6. The van der Waals surface area contributed by atoms with Gasteiger partial charge in [-0.1, -0.05) is 13.3 Å². The van der Waals surface area contributed by atoms with Gasteiger partial charge in [-0.3, -0.25) is 4.79 Å². The molecular formula is C13H22O4. The highest BCUT2D eigenvalue weighted by Gasteiger charge is 2.52. The number of hydrogen-bond acceptors (Lipinski definition) is 4. The fourth-order valence-electron chi connectivity index (χ4n) is 3.10. The molecule has 2 rings (SSSR count). The Morgan fingerprint density at radius 1 is 1.53 bits per heavy atom. The van der Waals surface area contributed by atoms with Crippen molar-refractivity contribution < 1.29 is 19.7 Å². The van der Waals surface area contributed by atoms with E-state index in [9.17, 15) is 15.0 Å². The number of aliphatic hydroxyl groups is 2. The van der Waals surface area contributed by atoms with Crippen molar-refractivity contribution in [2.24, 2.45) is 11.8 Å². The minimum absolute atomic E-state index is 0.101. The summed E-state index contributed by atoms with van der Waals surface area (Å²) >= 11 is 0. The van der Waals surface area contributed by atoms with Gasteiger partial charge in [0.15, 0.2) is 5.78 Å². The Labute approximate surface area is 102 Å². The van der Waals surface area contributed by atoms with Crippen LogP contribution in [0.2, 0.25) is 0 Å². The summed E-state index contributed by atoms with van der Waals surface area (Å²) in [5, 5.41) is 20.0. The number of aliphatic hydroxyl groups excluding tert-OH is 1. The number of Topliss-reactive ketones (excluding diaryl/α,β-unsaturated/α-hetero) is 1. The largest absolute Gasteiger partial charge is 0.389 e. The molecule has 0 aromatic rings. The lowest BCUT2D eigenvalue weighted by atomic mass is 9.67. The standard InChI is InChI=1S/C13H22O4/c1-3-4-9-5-8-6-11(14)13(2,16)12(15)10(8)7-17-9/h8-10,12,15-16H,3-7H2,1-2H3/t8-,9-,10-,12+,13+/m1/s1. The lowest BCUT2D eigenvalue weighted by Crippen LogP contribution is -2.59. The van der Waals surface area contributed by atoms with Crippen LogP contribution >= 0.6 is 0 Å². The van der Waals surface area contributed by atoms with Crippen molar-refractivity contribution in [1.29, 1.82) is 0 Å². The van der Waals surface area contributed by atoms with E-state index in [1.807, 2.05) is 0 Å². The zero-order valence-corrected chi connectivity index (χ0v) is 10.6. The van der Waals surface area contributed by atoms with E-state index in [0.717, 1.165) is 19.3 Å². The topological polar surface area (TPSA) is 66.8 Å². The average molecular weight is 242 g/mol. The third-order valence-electron chi connectivity index (χ3n) is 4.30. The van der Waals surface area contributed by atoms with Crippen molar-refractivity contribution in [2.75, 3.05) is 6.61 Å². The van der Waals surface area contributed by atoms with E-state index in [1.165, 1.54) is 6.92 Å². The van der Waals surface area contributed by atoms with E-state index in [-0.39, 0.29) is 23.7 Å². The molecule has 0 unspecified atom stereocenters. The fourth-order valence-corrected chi connectivity index (χ4v) is 3.10. The SMILES string of the molecule is CCC[C@@H]1C[C@@H]2CC(=O)[C@](C)(O)[C@@H](O)[C@@H]2CO1. The van der Waals surface area contributed by atoms with Crippen LogP contribution in [0.25, 0.3) is 0 Å². The number of hydrogen-bond donors (Lipinski definition) is 2. The Hall–Kier alpha value is -0.450. The molecule has 2 N–H and O–H groups in total. The van der Waals surface area contributed by atoms with Gasteiger partial charge in [0.25, 0.3) is 0 Å². The summed E-state index contributed by atoms with van der Waals surface area (Å²) in [5.74, 6) is -0.165. The van der Waals surface area contributed by atoms with Crippen LogP contribution in [0.4, 0.5) is 0 Å². The molecule has 2 aliphatic rings. The maximum atomic E-state index is 11.8. The molecule has 2 fully saturated rings. The van der Waals surface area contributed by atoms with E-state index in [2.05, 4.69) is 6.92 Å². The first-order valence-corrected chi connectivity index (χ1v) is 6.52. The lowest BCUT2D eigenvalue weighted by Gasteiger charge is -2.46. The van der Waals surface area contributed by atoms with Crippen LogP contribution in [0.3, 0.4) is 0 Å². The van der Waals surface area contributed by atoms with Crippen LogP contribution in [0, 0.1) is 11.8 Å². The second-order valence-electron chi connectivity index (χ2n) is 5.62. The van der Waals surface area contributed by atoms with Crippen LogP contribution in [0.15, 0.2) is 0 Å². The minimum Gasteiger partial charge on any atom is -0.389 e. The van der Waals surface area contributed by atoms with Crippen molar-refractivity contribution in [2.45, 2.75) is 57.3 Å². The number of carbonyl (C=O) groups excluding carboxylic acids is 1. The number of ketones is 1. The molecule has 0 aromatic heterocycles. The van der Waals surface area contributed by atoms with Crippen molar-refractivity contribution >= 4 is 5.78 Å². The van der Waals surface area contributed by atoms with Crippen molar-refractivity contribution in [3.8, 4) is 0 Å². The molecule has 0 bridgehead atoms. The van der Waals surface area contributed by atoms with Crippen LogP contribution in [0.1, 0.15) is 39.5 Å². The Kier molecular flexibility index (Phi) is 3.57. The highest BCUT2D eigenvalue weighted by Crippen LogP contribution is 2.40. The van der Waals surface area contributed by atoms with Crippen LogP contribution < -0.4 is 0 Å². The average Bonchev–Trinajstić information content (AvgIpc) is 2.27. The predicted octanol–water partition coefficient (Wildman–Crippen LogP) is 0.892. The van der Waals surface area contributed by atoms with Gasteiger partial charge in [0.1, 0.15) is 5.60 Å². The maximum absolute atomic E-state index is 11.8. The normalized spacial score (nSPS) is 46.7. The summed E-state index contributed by atoms with van der Waals surface area (Å²) < 4.78 is 5.70. The van der Waals surface area contributed by atoms with Crippen molar-refractivity contribution in [3.05, 3.63) is 0 Å². The first kappa shape index (κ1) is 13.0. The molecule has 17 heavy (non-hydrogen) atoms. The number of carbonyl (C=O) groups is 1. The van der Waals surface area contributed by atoms with Gasteiger partial charge >= 0.3 is 0 Å². The van der Waals surface area contributed by atoms with Gasteiger partial charge in [-0.05, 0) is 25.7 Å². The highest BCUT2D eigenvalue weighted by atomic mass is 16.5. The molecule has 1 heterocycles. The summed E-state index contributed by atoms with van der Waals surface area (Å²) in [6.45, 7) is 3.98. The number of ether oxygens (including phenoxy) is 1. The quantitative estimate of drug-likeness (QED) is 0.754. The number of fused-ring (bicyclic) bond motifs is 1. The van der Waals surface area contributed by atoms with Gasteiger partial charge < -0.3 is 14.9 Å². The Balaban J connectivity index is 2.07. The smallest absolute Gasteiger partial charge is 0.167 e. The zero-order valence-electron chi connectivity index (χ0n) is 10.6. The van der Waals surface area contributed by atoms with Gasteiger partial charge in [-0.15, -0.1) is 0 Å². The Morgan fingerprint density at radius 2 is 2.24 bits per heavy atom. The number of rotatable bonds is 2. The van der Waals surface area contributed by atoms with Gasteiger partial charge in [-0.2, -0.15) is 0 Å². The molecular weight excluding hydrogens is 220 g/mol.